The second-order valence-electron chi connectivity index (χ2n) is 5.80. The van der Waals surface area contributed by atoms with Gasteiger partial charge in [0.2, 0.25) is 0 Å². The Bertz CT molecular complexity index is 528. The van der Waals surface area contributed by atoms with Crippen LogP contribution in [0.2, 0.25) is 5.02 Å². The number of hydrogen-bond donors (Lipinski definition) is 1. The summed E-state index contributed by atoms with van der Waals surface area (Å²) in [5.41, 5.74) is 1.17. The summed E-state index contributed by atoms with van der Waals surface area (Å²) in [5.74, 6) is 0.238. The molecule has 1 saturated heterocycles. The average Bonchev–Trinajstić information content (AvgIpc) is 2.73. The predicted molar refractivity (Wildman–Crippen MR) is 76.3 cm³/mol. The summed E-state index contributed by atoms with van der Waals surface area (Å²) in [6.45, 7) is 4.35. The Morgan fingerprint density at radius 2 is 2.30 bits per heavy atom. The number of rotatable bonds is 4. The molecule has 1 fully saturated rings. The standard InChI is InChI=1S/C15H18ClNO3/c1-9(15(18)19)11-6-17(7-11)8-13-5-10-4-12(16)2-3-14(10)20-13/h2-4,9,11,13H,5-8H2,1H3,(H,18,19). The maximum atomic E-state index is 10.9. The molecular formula is C15H18ClNO3. The Morgan fingerprint density at radius 3 is 3.00 bits per heavy atom. The zero-order valence-electron chi connectivity index (χ0n) is 11.4. The van der Waals surface area contributed by atoms with Crippen LogP contribution in [-0.4, -0.2) is 41.7 Å². The van der Waals surface area contributed by atoms with E-state index in [2.05, 4.69) is 4.90 Å². The number of hydrogen-bond acceptors (Lipinski definition) is 3. The fraction of sp³-hybridized carbons (Fsp3) is 0.533. The van der Waals surface area contributed by atoms with Gasteiger partial charge in [0.1, 0.15) is 11.9 Å². The first-order valence-electron chi connectivity index (χ1n) is 6.93. The van der Waals surface area contributed by atoms with Crippen molar-refractivity contribution >= 4 is 17.6 Å². The normalized spacial score (nSPS) is 23.8. The number of fused-ring (bicyclic) bond motifs is 1. The molecule has 2 unspecified atom stereocenters. The number of carboxylic acid groups (broad SMARTS) is 1. The number of carbonyl (C=O) groups is 1. The van der Waals surface area contributed by atoms with E-state index in [4.69, 9.17) is 21.4 Å². The maximum absolute atomic E-state index is 10.9. The summed E-state index contributed by atoms with van der Waals surface area (Å²) < 4.78 is 5.89. The minimum absolute atomic E-state index is 0.157. The zero-order chi connectivity index (χ0) is 14.3. The van der Waals surface area contributed by atoms with E-state index in [9.17, 15) is 4.79 Å². The SMILES string of the molecule is CC(C(=O)O)C1CN(CC2Cc3cc(Cl)ccc3O2)C1. The molecule has 2 aliphatic heterocycles. The van der Waals surface area contributed by atoms with E-state index in [1.165, 1.54) is 5.56 Å². The third-order valence-electron chi connectivity index (χ3n) is 4.31. The summed E-state index contributed by atoms with van der Waals surface area (Å²) in [6.07, 6.45) is 1.04. The molecular weight excluding hydrogens is 278 g/mol. The van der Waals surface area contributed by atoms with Crippen molar-refractivity contribution in [1.82, 2.24) is 4.90 Å². The van der Waals surface area contributed by atoms with Crippen LogP contribution in [0.15, 0.2) is 18.2 Å². The molecule has 0 aliphatic carbocycles. The van der Waals surface area contributed by atoms with Gasteiger partial charge in [-0.2, -0.15) is 0 Å². The number of ether oxygens (including phenoxy) is 1. The van der Waals surface area contributed by atoms with Gasteiger partial charge in [-0.1, -0.05) is 18.5 Å². The van der Waals surface area contributed by atoms with E-state index < -0.39 is 5.97 Å². The highest BCUT2D eigenvalue weighted by Crippen LogP contribution is 2.32. The van der Waals surface area contributed by atoms with E-state index in [1.807, 2.05) is 18.2 Å². The number of halogens is 1. The van der Waals surface area contributed by atoms with Crippen molar-refractivity contribution in [3.05, 3.63) is 28.8 Å². The molecule has 0 aromatic heterocycles. The number of benzene rings is 1. The number of nitrogens with zero attached hydrogens (tertiary/aromatic N) is 1. The molecule has 0 spiro atoms. The van der Waals surface area contributed by atoms with Gasteiger partial charge in [0, 0.05) is 31.1 Å². The van der Waals surface area contributed by atoms with Crippen LogP contribution in [0.5, 0.6) is 5.75 Å². The van der Waals surface area contributed by atoms with E-state index in [0.717, 1.165) is 36.8 Å². The number of aliphatic carboxylic acids is 1. The van der Waals surface area contributed by atoms with Crippen LogP contribution in [0.1, 0.15) is 12.5 Å². The molecule has 1 aromatic rings. The van der Waals surface area contributed by atoms with Gasteiger partial charge in [0.25, 0.3) is 0 Å². The van der Waals surface area contributed by atoms with Gasteiger partial charge in [-0.05, 0) is 29.7 Å². The molecule has 1 N–H and O–H groups in total. The minimum Gasteiger partial charge on any atom is -0.488 e. The van der Waals surface area contributed by atoms with Crippen LogP contribution in [0.25, 0.3) is 0 Å². The fourth-order valence-electron chi connectivity index (χ4n) is 2.96. The Morgan fingerprint density at radius 1 is 1.55 bits per heavy atom. The molecule has 2 atom stereocenters. The second kappa shape index (κ2) is 5.26. The molecule has 0 saturated carbocycles. The molecule has 2 heterocycles. The van der Waals surface area contributed by atoms with Crippen LogP contribution < -0.4 is 4.74 Å². The quantitative estimate of drug-likeness (QED) is 0.926. The Balaban J connectivity index is 1.49. The lowest BCUT2D eigenvalue weighted by Gasteiger charge is -2.42. The van der Waals surface area contributed by atoms with Gasteiger partial charge in [-0.25, -0.2) is 0 Å². The monoisotopic (exact) mass is 295 g/mol. The second-order valence-corrected chi connectivity index (χ2v) is 6.24. The molecule has 0 bridgehead atoms. The summed E-state index contributed by atoms with van der Waals surface area (Å²) in [7, 11) is 0. The minimum atomic E-state index is -0.700. The van der Waals surface area contributed by atoms with Crippen molar-refractivity contribution in [2.24, 2.45) is 11.8 Å². The van der Waals surface area contributed by atoms with Crippen LogP contribution in [-0.2, 0) is 11.2 Å². The molecule has 0 radical (unpaired) electrons. The lowest BCUT2D eigenvalue weighted by atomic mass is 9.87. The highest BCUT2D eigenvalue weighted by molar-refractivity contribution is 6.30. The highest BCUT2D eigenvalue weighted by Gasteiger charge is 2.36. The van der Waals surface area contributed by atoms with Crippen molar-refractivity contribution in [3.8, 4) is 5.75 Å². The molecule has 4 nitrogen and oxygen atoms in total. The lowest BCUT2D eigenvalue weighted by Crippen LogP contribution is -2.53. The molecule has 2 aliphatic rings. The first-order valence-corrected chi connectivity index (χ1v) is 7.31. The van der Waals surface area contributed by atoms with Gasteiger partial charge in [-0.15, -0.1) is 0 Å². The molecule has 1 aromatic carbocycles. The van der Waals surface area contributed by atoms with Crippen molar-refractivity contribution < 1.29 is 14.6 Å². The molecule has 0 amide bonds. The smallest absolute Gasteiger partial charge is 0.306 e. The number of carboxylic acids is 1. The highest BCUT2D eigenvalue weighted by atomic mass is 35.5. The Hall–Kier alpha value is -1.26. The van der Waals surface area contributed by atoms with Gasteiger partial charge >= 0.3 is 5.97 Å². The third kappa shape index (κ3) is 2.63. The summed E-state index contributed by atoms with van der Waals surface area (Å²) in [5, 5.41) is 9.72. The Labute approximate surface area is 123 Å². The maximum Gasteiger partial charge on any atom is 0.306 e. The molecule has 5 heteroatoms. The first-order chi connectivity index (χ1) is 9.52. The number of likely N-dealkylation sites (tertiary alicyclic amines) is 1. The Kier molecular flexibility index (Phi) is 3.61. The predicted octanol–water partition coefficient (Wildman–Crippen LogP) is 2.30. The topological polar surface area (TPSA) is 49.8 Å². The first kappa shape index (κ1) is 13.7. The van der Waals surface area contributed by atoms with E-state index >= 15 is 0 Å². The van der Waals surface area contributed by atoms with Crippen LogP contribution >= 0.6 is 11.6 Å². The van der Waals surface area contributed by atoms with Gasteiger partial charge < -0.3 is 9.84 Å². The molecule has 3 rings (SSSR count). The van der Waals surface area contributed by atoms with Crippen molar-refractivity contribution in [3.63, 3.8) is 0 Å². The largest absolute Gasteiger partial charge is 0.488 e. The van der Waals surface area contributed by atoms with E-state index in [1.54, 1.807) is 6.92 Å². The third-order valence-corrected chi connectivity index (χ3v) is 4.54. The molecule has 108 valence electrons. The zero-order valence-corrected chi connectivity index (χ0v) is 12.1. The van der Waals surface area contributed by atoms with Crippen molar-refractivity contribution in [2.45, 2.75) is 19.4 Å². The summed E-state index contributed by atoms with van der Waals surface area (Å²) >= 11 is 5.98. The summed E-state index contributed by atoms with van der Waals surface area (Å²) in [4.78, 5) is 13.2. The van der Waals surface area contributed by atoms with E-state index in [0.29, 0.717) is 0 Å². The van der Waals surface area contributed by atoms with Gasteiger partial charge in [0.15, 0.2) is 0 Å². The summed E-state index contributed by atoms with van der Waals surface area (Å²) in [6, 6.07) is 5.72. The fourth-order valence-corrected chi connectivity index (χ4v) is 3.15. The van der Waals surface area contributed by atoms with E-state index in [-0.39, 0.29) is 17.9 Å². The van der Waals surface area contributed by atoms with Crippen LogP contribution in [0, 0.1) is 11.8 Å². The molecule has 20 heavy (non-hydrogen) atoms. The van der Waals surface area contributed by atoms with Crippen molar-refractivity contribution in [2.75, 3.05) is 19.6 Å². The van der Waals surface area contributed by atoms with Crippen LogP contribution in [0.4, 0.5) is 0 Å². The van der Waals surface area contributed by atoms with Gasteiger partial charge in [0.05, 0.1) is 5.92 Å². The average molecular weight is 296 g/mol. The lowest BCUT2D eigenvalue weighted by molar-refractivity contribution is -0.145. The van der Waals surface area contributed by atoms with Gasteiger partial charge in [-0.3, -0.25) is 9.69 Å². The van der Waals surface area contributed by atoms with Crippen molar-refractivity contribution in [1.29, 1.82) is 0 Å². The van der Waals surface area contributed by atoms with Crippen LogP contribution in [0.3, 0.4) is 0 Å².